The summed E-state index contributed by atoms with van der Waals surface area (Å²) in [6, 6.07) is 0. The van der Waals surface area contributed by atoms with Gasteiger partial charge in [-0.25, -0.2) is 16.8 Å². The van der Waals surface area contributed by atoms with E-state index in [0.29, 0.717) is 12.5 Å². The van der Waals surface area contributed by atoms with Crippen LogP contribution in [0.1, 0.15) is 13.8 Å². The Hall–Kier alpha value is -0.180. The first kappa shape index (κ1) is 17.8. The van der Waals surface area contributed by atoms with Gasteiger partial charge in [-0.1, -0.05) is 13.8 Å². The van der Waals surface area contributed by atoms with E-state index in [9.17, 15) is 0 Å². The maximum atomic E-state index is 9.08. The molecule has 8 heteroatoms. The van der Waals surface area contributed by atoms with Gasteiger partial charge in [-0.05, 0) is 0 Å². The fourth-order valence-electron chi connectivity index (χ4n) is 0. The number of hydrogen-bond acceptors (Lipinski definition) is 6. The maximum absolute atomic E-state index is 9.08. The first-order valence-electron chi connectivity index (χ1n) is 2.82. The van der Waals surface area contributed by atoms with E-state index < -0.39 is 20.2 Å². The summed E-state index contributed by atoms with van der Waals surface area (Å²) >= 11 is 0. The lowest BCUT2D eigenvalue weighted by atomic mass is 11.0. The highest BCUT2D eigenvalue weighted by molar-refractivity contribution is 7.85. The summed E-state index contributed by atoms with van der Waals surface area (Å²) in [7, 11) is -7.83. The minimum Gasteiger partial charge on any atom is -0.748 e. The Labute approximate surface area is 73.1 Å². The van der Waals surface area contributed by atoms with Gasteiger partial charge in [0.25, 0.3) is 0 Å². The second-order valence-electron chi connectivity index (χ2n) is 1.41. The predicted molar refractivity (Wildman–Crippen MR) is 42.6 cm³/mol. The molecule has 0 rings (SSSR count). The van der Waals surface area contributed by atoms with Crippen LogP contribution in [0.2, 0.25) is 0 Å². The molecule has 0 radical (unpaired) electrons. The Morgan fingerprint density at radius 2 is 0.750 bits per heavy atom. The molecule has 0 aliphatic carbocycles. The highest BCUT2D eigenvalue weighted by Gasteiger charge is 1.66. The molecular formula is C4H12O6S2-2. The van der Waals surface area contributed by atoms with Gasteiger partial charge >= 0.3 is 0 Å². The minimum absolute atomic E-state index is 0.604. The summed E-state index contributed by atoms with van der Waals surface area (Å²) in [4.78, 5) is 0. The number of hydrogen-bond donors (Lipinski definition) is 0. The molecule has 0 aliphatic heterocycles. The minimum atomic E-state index is -3.92. The molecule has 12 heavy (non-hydrogen) atoms. The van der Waals surface area contributed by atoms with Crippen molar-refractivity contribution in [1.82, 2.24) is 0 Å². The molecule has 0 spiro atoms. The van der Waals surface area contributed by atoms with Crippen molar-refractivity contribution in [3.05, 3.63) is 0 Å². The normalized spacial score (nSPS) is 10.2. The van der Waals surface area contributed by atoms with Crippen molar-refractivity contribution in [3.63, 3.8) is 0 Å². The van der Waals surface area contributed by atoms with Crippen molar-refractivity contribution in [2.45, 2.75) is 13.8 Å². The Balaban J connectivity index is -0.000000112. The first-order chi connectivity index (χ1) is 5.00. The molecule has 0 N–H and O–H groups in total. The fraction of sp³-hybridized carbons (Fsp3) is 1.00. The molecule has 0 bridgehead atoms. The van der Waals surface area contributed by atoms with Gasteiger partial charge in [0.05, 0.1) is 20.2 Å². The lowest BCUT2D eigenvalue weighted by molar-refractivity contribution is 0.468. The molecule has 0 aliphatic rings. The van der Waals surface area contributed by atoms with Crippen LogP contribution in [-0.2, 0) is 20.2 Å². The average molecular weight is 220 g/mol. The Bertz CT molecular complexity index is 214. The molecule has 0 saturated carbocycles. The average Bonchev–Trinajstić information content (AvgIpc) is 1.59. The third-order valence-electron chi connectivity index (χ3n) is 0. The standard InChI is InChI=1S/C2H6.2CH4O3S/c1-2;2*1-5(2,3)4/h1-2H3;2*1H3,(H,2,3,4)/p-2. The van der Waals surface area contributed by atoms with Crippen LogP contribution < -0.4 is 0 Å². The third kappa shape index (κ3) is 23600. The Morgan fingerprint density at radius 1 is 0.750 bits per heavy atom. The van der Waals surface area contributed by atoms with Gasteiger partial charge < -0.3 is 9.11 Å². The molecule has 0 atom stereocenters. The monoisotopic (exact) mass is 220 g/mol. The molecule has 0 aromatic carbocycles. The zero-order valence-corrected chi connectivity index (χ0v) is 8.90. The van der Waals surface area contributed by atoms with Crippen LogP contribution in [0.3, 0.4) is 0 Å². The van der Waals surface area contributed by atoms with E-state index in [0.717, 1.165) is 0 Å². The van der Waals surface area contributed by atoms with Gasteiger partial charge in [0.2, 0.25) is 0 Å². The summed E-state index contributed by atoms with van der Waals surface area (Å²) in [5, 5.41) is 0. The van der Waals surface area contributed by atoms with Crippen molar-refractivity contribution >= 4 is 20.2 Å². The highest BCUT2D eigenvalue weighted by atomic mass is 32.2. The van der Waals surface area contributed by atoms with Crippen LogP contribution >= 0.6 is 0 Å². The molecule has 0 heterocycles. The lowest BCUT2D eigenvalue weighted by Gasteiger charge is -1.90. The third-order valence-corrected chi connectivity index (χ3v) is 0. The first-order valence-corrected chi connectivity index (χ1v) is 6.45. The van der Waals surface area contributed by atoms with E-state index in [1.807, 2.05) is 13.8 Å². The zero-order valence-electron chi connectivity index (χ0n) is 7.27. The van der Waals surface area contributed by atoms with Crippen molar-refractivity contribution in [1.29, 1.82) is 0 Å². The van der Waals surface area contributed by atoms with Crippen molar-refractivity contribution in [2.24, 2.45) is 0 Å². The molecule has 0 saturated heterocycles. The summed E-state index contributed by atoms with van der Waals surface area (Å²) < 4.78 is 54.5. The van der Waals surface area contributed by atoms with Gasteiger partial charge in [-0.3, -0.25) is 0 Å². The van der Waals surface area contributed by atoms with Gasteiger partial charge in [-0.15, -0.1) is 0 Å². The molecule has 0 unspecified atom stereocenters. The molecular weight excluding hydrogens is 208 g/mol. The van der Waals surface area contributed by atoms with E-state index in [2.05, 4.69) is 0 Å². The quantitative estimate of drug-likeness (QED) is 0.501. The molecule has 0 aromatic heterocycles. The van der Waals surface area contributed by atoms with Crippen LogP contribution in [0, 0.1) is 0 Å². The van der Waals surface area contributed by atoms with Crippen LogP contribution in [-0.4, -0.2) is 38.5 Å². The van der Waals surface area contributed by atoms with Crippen LogP contribution in [0.5, 0.6) is 0 Å². The largest absolute Gasteiger partial charge is 0.748 e. The predicted octanol–water partition coefficient (Wildman–Crippen LogP) is -0.651. The van der Waals surface area contributed by atoms with Gasteiger partial charge in [0.15, 0.2) is 0 Å². The zero-order chi connectivity index (χ0) is 11.0. The number of rotatable bonds is 0. The van der Waals surface area contributed by atoms with Gasteiger partial charge in [0, 0.05) is 12.5 Å². The fourth-order valence-corrected chi connectivity index (χ4v) is 0. The van der Waals surface area contributed by atoms with Gasteiger partial charge in [-0.2, -0.15) is 0 Å². The molecule has 0 fully saturated rings. The van der Waals surface area contributed by atoms with Crippen molar-refractivity contribution in [2.75, 3.05) is 12.5 Å². The molecule has 0 aromatic rings. The van der Waals surface area contributed by atoms with Gasteiger partial charge in [0.1, 0.15) is 0 Å². The van der Waals surface area contributed by atoms with Crippen LogP contribution in [0.15, 0.2) is 0 Å². The van der Waals surface area contributed by atoms with E-state index in [-0.39, 0.29) is 0 Å². The second kappa shape index (κ2) is 7.47. The topological polar surface area (TPSA) is 114 Å². The Kier molecular flexibility index (Phi) is 11.1. The van der Waals surface area contributed by atoms with E-state index in [1.54, 1.807) is 0 Å². The van der Waals surface area contributed by atoms with Crippen molar-refractivity contribution < 1.29 is 25.9 Å². The maximum Gasteiger partial charge on any atom is 0.0916 e. The van der Waals surface area contributed by atoms with Crippen LogP contribution in [0.25, 0.3) is 0 Å². The SMILES string of the molecule is CC.CS(=O)(=O)[O-].CS(=O)(=O)[O-]. The van der Waals surface area contributed by atoms with Crippen molar-refractivity contribution in [3.8, 4) is 0 Å². The summed E-state index contributed by atoms with van der Waals surface area (Å²) in [5.74, 6) is 0. The Morgan fingerprint density at radius 3 is 0.750 bits per heavy atom. The van der Waals surface area contributed by atoms with Crippen LogP contribution in [0.4, 0.5) is 0 Å². The summed E-state index contributed by atoms with van der Waals surface area (Å²) in [5.41, 5.74) is 0. The van der Waals surface area contributed by atoms with E-state index in [1.165, 1.54) is 0 Å². The molecule has 0 amide bonds. The lowest BCUT2D eigenvalue weighted by Crippen LogP contribution is -1.88. The molecule has 6 nitrogen and oxygen atoms in total. The summed E-state index contributed by atoms with van der Waals surface area (Å²) in [6.07, 6.45) is 1.21. The highest BCUT2D eigenvalue weighted by Crippen LogP contribution is 1.60. The smallest absolute Gasteiger partial charge is 0.0916 e. The van der Waals surface area contributed by atoms with E-state index in [4.69, 9.17) is 25.9 Å². The van der Waals surface area contributed by atoms with E-state index >= 15 is 0 Å². The second-order valence-corrected chi connectivity index (χ2v) is 4.22. The molecule has 78 valence electrons. The summed E-state index contributed by atoms with van der Waals surface area (Å²) in [6.45, 7) is 4.00.